The molecule has 2 rings (SSSR count). The van der Waals surface area contributed by atoms with Gasteiger partial charge in [0.25, 0.3) is 0 Å². The van der Waals surface area contributed by atoms with Gasteiger partial charge in [0.15, 0.2) is 5.82 Å². The monoisotopic (exact) mass is 255 g/mol. The summed E-state index contributed by atoms with van der Waals surface area (Å²) in [5, 5.41) is 4.03. The highest BCUT2D eigenvalue weighted by molar-refractivity contribution is 9.10. The van der Waals surface area contributed by atoms with E-state index in [4.69, 9.17) is 0 Å². The van der Waals surface area contributed by atoms with Crippen LogP contribution in [-0.4, -0.2) is 14.8 Å². The number of halogens is 2. The maximum absolute atomic E-state index is 13.6. The normalized spacial score (nSPS) is 10.5. The molecule has 0 aliphatic carbocycles. The molecular formula is C9H7BrFN3. The molecule has 0 bridgehead atoms. The van der Waals surface area contributed by atoms with Crippen molar-refractivity contribution < 1.29 is 4.39 Å². The minimum Gasteiger partial charge on any atom is -0.255 e. The first kappa shape index (κ1) is 9.33. The molecule has 0 radical (unpaired) electrons. The average Bonchev–Trinajstić information content (AvgIpc) is 2.57. The lowest BCUT2D eigenvalue weighted by Gasteiger charge is -1.99. The smallest absolute Gasteiger partial charge is 0.184 e. The van der Waals surface area contributed by atoms with Gasteiger partial charge in [-0.15, -0.1) is 0 Å². The molecule has 0 saturated heterocycles. The summed E-state index contributed by atoms with van der Waals surface area (Å²) < 4.78 is 15.5. The Labute approximate surface area is 88.7 Å². The second kappa shape index (κ2) is 3.49. The van der Waals surface area contributed by atoms with Crippen molar-refractivity contribution in [1.82, 2.24) is 14.8 Å². The molecule has 5 heteroatoms. The van der Waals surface area contributed by atoms with Gasteiger partial charge in [-0.2, -0.15) is 5.10 Å². The fourth-order valence-corrected chi connectivity index (χ4v) is 1.51. The largest absolute Gasteiger partial charge is 0.255 e. The van der Waals surface area contributed by atoms with E-state index in [-0.39, 0.29) is 5.82 Å². The van der Waals surface area contributed by atoms with Gasteiger partial charge in [-0.1, -0.05) is 6.07 Å². The molecule has 0 aliphatic heterocycles. The van der Waals surface area contributed by atoms with Gasteiger partial charge in [0.05, 0.1) is 10.0 Å². The van der Waals surface area contributed by atoms with Crippen LogP contribution >= 0.6 is 15.9 Å². The Morgan fingerprint density at radius 3 is 2.86 bits per heavy atom. The first-order valence-electron chi connectivity index (χ1n) is 3.98. The molecule has 0 amide bonds. The minimum absolute atomic E-state index is 0.335. The molecule has 1 aromatic heterocycles. The van der Waals surface area contributed by atoms with Gasteiger partial charge in [-0.05, 0) is 28.1 Å². The third-order valence-electron chi connectivity index (χ3n) is 1.79. The molecule has 0 unspecified atom stereocenters. The van der Waals surface area contributed by atoms with E-state index in [9.17, 15) is 4.39 Å². The first-order valence-corrected chi connectivity index (χ1v) is 4.78. The van der Waals surface area contributed by atoms with Crippen LogP contribution in [0.4, 0.5) is 4.39 Å². The van der Waals surface area contributed by atoms with Gasteiger partial charge in [0.1, 0.15) is 12.1 Å². The molecule has 1 heterocycles. The summed E-state index contributed by atoms with van der Waals surface area (Å²) in [4.78, 5) is 3.98. The lowest BCUT2D eigenvalue weighted by molar-refractivity contribution is 0.623. The van der Waals surface area contributed by atoms with Crippen LogP contribution in [0.15, 0.2) is 29.0 Å². The molecule has 1 aromatic carbocycles. The molecule has 0 aliphatic rings. The van der Waals surface area contributed by atoms with Crippen molar-refractivity contribution in [3.05, 3.63) is 34.8 Å². The van der Waals surface area contributed by atoms with Crippen LogP contribution in [0.2, 0.25) is 0 Å². The van der Waals surface area contributed by atoms with Crippen LogP contribution in [0.3, 0.4) is 0 Å². The zero-order valence-electron chi connectivity index (χ0n) is 7.41. The van der Waals surface area contributed by atoms with Gasteiger partial charge in [0, 0.05) is 7.05 Å². The highest BCUT2D eigenvalue weighted by Crippen LogP contribution is 2.24. The summed E-state index contributed by atoms with van der Waals surface area (Å²) in [5.74, 6) is 0.0602. The second-order valence-electron chi connectivity index (χ2n) is 2.84. The third-order valence-corrected chi connectivity index (χ3v) is 2.40. The van der Waals surface area contributed by atoms with Crippen LogP contribution in [0.5, 0.6) is 0 Å². The van der Waals surface area contributed by atoms with Gasteiger partial charge in [0.2, 0.25) is 0 Å². The van der Waals surface area contributed by atoms with E-state index in [1.807, 2.05) is 0 Å². The highest BCUT2D eigenvalue weighted by Gasteiger charge is 2.11. The lowest BCUT2D eigenvalue weighted by atomic mass is 10.2. The maximum Gasteiger partial charge on any atom is 0.184 e. The van der Waals surface area contributed by atoms with E-state index in [2.05, 4.69) is 26.0 Å². The lowest BCUT2D eigenvalue weighted by Crippen LogP contribution is -1.90. The Balaban J connectivity index is 2.57. The van der Waals surface area contributed by atoms with E-state index in [0.29, 0.717) is 15.9 Å². The van der Waals surface area contributed by atoms with Crippen LogP contribution in [-0.2, 0) is 7.05 Å². The van der Waals surface area contributed by atoms with Crippen LogP contribution in [0, 0.1) is 5.82 Å². The zero-order chi connectivity index (χ0) is 10.1. The number of aryl methyl sites for hydroxylation is 1. The molecule has 0 N–H and O–H groups in total. The Morgan fingerprint density at radius 2 is 2.21 bits per heavy atom. The molecule has 0 saturated carbocycles. The van der Waals surface area contributed by atoms with E-state index in [1.54, 1.807) is 25.2 Å². The van der Waals surface area contributed by atoms with E-state index in [0.717, 1.165) is 0 Å². The molecule has 72 valence electrons. The van der Waals surface area contributed by atoms with E-state index in [1.165, 1.54) is 11.0 Å². The van der Waals surface area contributed by atoms with Crippen molar-refractivity contribution in [2.45, 2.75) is 0 Å². The van der Waals surface area contributed by atoms with Gasteiger partial charge < -0.3 is 0 Å². The summed E-state index contributed by atoms with van der Waals surface area (Å²) in [7, 11) is 1.74. The summed E-state index contributed by atoms with van der Waals surface area (Å²) in [6, 6.07) is 5.04. The molecule has 2 aromatic rings. The van der Waals surface area contributed by atoms with Crippen molar-refractivity contribution >= 4 is 15.9 Å². The molecule has 0 spiro atoms. The SMILES string of the molecule is Cn1cnc(-c2cccc(Br)c2F)n1. The van der Waals surface area contributed by atoms with Crippen molar-refractivity contribution in [2.75, 3.05) is 0 Å². The minimum atomic E-state index is -0.335. The standard InChI is InChI=1S/C9H7BrFN3/c1-14-5-12-9(13-14)6-3-2-4-7(10)8(6)11/h2-5H,1H3. The Morgan fingerprint density at radius 1 is 1.43 bits per heavy atom. The predicted octanol–water partition coefficient (Wildman–Crippen LogP) is 2.38. The fraction of sp³-hybridized carbons (Fsp3) is 0.111. The Bertz CT molecular complexity index is 467. The molecular weight excluding hydrogens is 249 g/mol. The number of hydrogen-bond donors (Lipinski definition) is 0. The summed E-state index contributed by atoms with van der Waals surface area (Å²) in [6.45, 7) is 0. The number of aromatic nitrogens is 3. The van der Waals surface area contributed by atoms with Crippen molar-refractivity contribution in [1.29, 1.82) is 0 Å². The quantitative estimate of drug-likeness (QED) is 0.784. The van der Waals surface area contributed by atoms with E-state index < -0.39 is 0 Å². The summed E-state index contributed by atoms with van der Waals surface area (Å²) in [5.41, 5.74) is 0.403. The van der Waals surface area contributed by atoms with E-state index >= 15 is 0 Å². The number of hydrogen-bond acceptors (Lipinski definition) is 2. The molecule has 0 fully saturated rings. The average molecular weight is 256 g/mol. The summed E-state index contributed by atoms with van der Waals surface area (Å²) >= 11 is 3.11. The topological polar surface area (TPSA) is 30.7 Å². The van der Waals surface area contributed by atoms with Crippen LogP contribution < -0.4 is 0 Å². The number of nitrogens with zero attached hydrogens (tertiary/aromatic N) is 3. The predicted molar refractivity (Wildman–Crippen MR) is 54.1 cm³/mol. The van der Waals surface area contributed by atoms with Crippen LogP contribution in [0.25, 0.3) is 11.4 Å². The van der Waals surface area contributed by atoms with Gasteiger partial charge in [-0.3, -0.25) is 4.68 Å². The first-order chi connectivity index (χ1) is 6.68. The second-order valence-corrected chi connectivity index (χ2v) is 3.70. The van der Waals surface area contributed by atoms with Crippen molar-refractivity contribution in [2.24, 2.45) is 7.05 Å². The molecule has 3 nitrogen and oxygen atoms in total. The van der Waals surface area contributed by atoms with Crippen molar-refractivity contribution in [3.8, 4) is 11.4 Å². The molecule has 0 atom stereocenters. The number of benzene rings is 1. The fourth-order valence-electron chi connectivity index (χ4n) is 1.14. The van der Waals surface area contributed by atoms with Gasteiger partial charge >= 0.3 is 0 Å². The number of rotatable bonds is 1. The van der Waals surface area contributed by atoms with Crippen molar-refractivity contribution in [3.63, 3.8) is 0 Å². The highest BCUT2D eigenvalue weighted by atomic mass is 79.9. The van der Waals surface area contributed by atoms with Gasteiger partial charge in [-0.25, -0.2) is 9.37 Å². The third kappa shape index (κ3) is 1.55. The zero-order valence-corrected chi connectivity index (χ0v) is 8.99. The Kier molecular flexibility index (Phi) is 2.33. The summed E-state index contributed by atoms with van der Waals surface area (Å²) in [6.07, 6.45) is 1.54. The molecule has 14 heavy (non-hydrogen) atoms. The van der Waals surface area contributed by atoms with Crippen LogP contribution in [0.1, 0.15) is 0 Å². The maximum atomic E-state index is 13.6. The Hall–Kier alpha value is -1.23.